The van der Waals surface area contributed by atoms with Crippen molar-refractivity contribution in [3.63, 3.8) is 0 Å². The Morgan fingerprint density at radius 3 is 2.00 bits per heavy atom. The highest BCUT2D eigenvalue weighted by Gasteiger charge is 2.44. The lowest BCUT2D eigenvalue weighted by Gasteiger charge is -2.41. The normalized spacial score (nSPS) is 20.4. The van der Waals surface area contributed by atoms with E-state index >= 15 is 0 Å². The van der Waals surface area contributed by atoms with Crippen LogP contribution >= 0.6 is 0 Å². The second-order valence-electron chi connectivity index (χ2n) is 6.42. The molecule has 0 heterocycles. The average Bonchev–Trinajstić information content (AvgIpc) is 2.47. The van der Waals surface area contributed by atoms with E-state index < -0.39 is 5.60 Å². The van der Waals surface area contributed by atoms with Crippen molar-refractivity contribution in [2.24, 2.45) is 5.41 Å². The molecule has 0 radical (unpaired) electrons. The summed E-state index contributed by atoms with van der Waals surface area (Å²) in [4.78, 5) is 12.8. The van der Waals surface area contributed by atoms with E-state index in [0.717, 1.165) is 31.4 Å². The van der Waals surface area contributed by atoms with Crippen LogP contribution in [0.3, 0.4) is 0 Å². The van der Waals surface area contributed by atoms with Crippen molar-refractivity contribution < 1.29 is 14.3 Å². The van der Waals surface area contributed by atoms with E-state index in [1.54, 1.807) is 14.2 Å². The van der Waals surface area contributed by atoms with Gasteiger partial charge in [0.15, 0.2) is 5.78 Å². The number of ketones is 1. The fourth-order valence-electron chi connectivity index (χ4n) is 2.86. The predicted molar refractivity (Wildman–Crippen MR) is 79.3 cm³/mol. The lowest BCUT2D eigenvalue weighted by atomic mass is 9.68. The molecule has 2 rings (SSSR count). The third-order valence-electron chi connectivity index (χ3n) is 4.57. The molecule has 0 aliphatic heterocycles. The van der Waals surface area contributed by atoms with E-state index in [2.05, 4.69) is 13.8 Å². The Bertz CT molecular complexity index is 464. The molecular weight excluding hydrogens is 252 g/mol. The lowest BCUT2D eigenvalue weighted by molar-refractivity contribution is -0.0383. The fourth-order valence-corrected chi connectivity index (χ4v) is 2.86. The summed E-state index contributed by atoms with van der Waals surface area (Å²) in [6.45, 7) is 4.51. The van der Waals surface area contributed by atoms with Gasteiger partial charge in [0.25, 0.3) is 0 Å². The Morgan fingerprint density at radius 2 is 1.55 bits per heavy atom. The Hall–Kier alpha value is -1.35. The zero-order valence-corrected chi connectivity index (χ0v) is 12.9. The molecule has 0 unspecified atom stereocenters. The van der Waals surface area contributed by atoms with Crippen LogP contribution in [-0.2, 0) is 4.74 Å². The van der Waals surface area contributed by atoms with Crippen molar-refractivity contribution in [1.82, 2.24) is 0 Å². The van der Waals surface area contributed by atoms with Gasteiger partial charge in [0.1, 0.15) is 11.4 Å². The van der Waals surface area contributed by atoms with Crippen molar-refractivity contribution in [2.75, 3.05) is 14.2 Å². The van der Waals surface area contributed by atoms with Gasteiger partial charge in [-0.3, -0.25) is 4.79 Å². The number of hydrogen-bond donors (Lipinski definition) is 0. The molecule has 0 saturated heterocycles. The Balaban J connectivity index is 2.20. The molecule has 1 saturated carbocycles. The van der Waals surface area contributed by atoms with Crippen molar-refractivity contribution in [2.45, 2.75) is 45.1 Å². The number of carbonyl (C=O) groups is 1. The van der Waals surface area contributed by atoms with Gasteiger partial charge in [-0.1, -0.05) is 13.8 Å². The van der Waals surface area contributed by atoms with E-state index in [-0.39, 0.29) is 5.78 Å². The van der Waals surface area contributed by atoms with Gasteiger partial charge in [0.05, 0.1) is 7.11 Å². The van der Waals surface area contributed by atoms with Crippen LogP contribution in [0, 0.1) is 5.41 Å². The van der Waals surface area contributed by atoms with Gasteiger partial charge in [0, 0.05) is 12.7 Å². The minimum absolute atomic E-state index is 0.0955. The second-order valence-corrected chi connectivity index (χ2v) is 6.42. The zero-order valence-electron chi connectivity index (χ0n) is 12.9. The summed E-state index contributed by atoms with van der Waals surface area (Å²) in [6, 6.07) is 7.29. The van der Waals surface area contributed by atoms with Gasteiger partial charge in [-0.15, -0.1) is 0 Å². The van der Waals surface area contributed by atoms with E-state index in [0.29, 0.717) is 11.0 Å². The summed E-state index contributed by atoms with van der Waals surface area (Å²) in [6.07, 6.45) is 3.62. The molecule has 1 aromatic rings. The first-order valence-electron chi connectivity index (χ1n) is 7.16. The third kappa shape index (κ3) is 2.88. The van der Waals surface area contributed by atoms with Crippen LogP contribution in [0.1, 0.15) is 49.9 Å². The van der Waals surface area contributed by atoms with Crippen LogP contribution in [0.2, 0.25) is 0 Å². The number of benzene rings is 1. The molecule has 0 atom stereocenters. The molecule has 1 aliphatic carbocycles. The first-order chi connectivity index (χ1) is 9.42. The van der Waals surface area contributed by atoms with Crippen molar-refractivity contribution >= 4 is 5.78 Å². The first-order valence-corrected chi connectivity index (χ1v) is 7.16. The summed E-state index contributed by atoms with van der Waals surface area (Å²) in [5.74, 6) is 0.857. The van der Waals surface area contributed by atoms with Gasteiger partial charge < -0.3 is 9.47 Å². The zero-order chi connectivity index (χ0) is 14.8. The molecule has 1 aliphatic rings. The molecule has 20 heavy (non-hydrogen) atoms. The SMILES string of the molecule is COc1ccc(C(=O)C2(OC)CCC(C)(C)CC2)cc1. The number of hydrogen-bond acceptors (Lipinski definition) is 3. The van der Waals surface area contributed by atoms with Gasteiger partial charge in [0.2, 0.25) is 0 Å². The number of rotatable bonds is 4. The number of carbonyl (C=O) groups excluding carboxylic acids is 1. The Kier molecular flexibility index (Phi) is 4.19. The first kappa shape index (κ1) is 15.0. The molecular formula is C17H24O3. The van der Waals surface area contributed by atoms with Crippen LogP contribution in [0.15, 0.2) is 24.3 Å². The van der Waals surface area contributed by atoms with E-state index in [9.17, 15) is 4.79 Å². The smallest absolute Gasteiger partial charge is 0.194 e. The molecule has 0 aromatic heterocycles. The number of Topliss-reactive ketones (excluding diaryl/α,β-unsaturated/α-hetero) is 1. The standard InChI is InChI=1S/C17H24O3/c1-16(2)9-11-17(20-4,12-10-16)15(18)13-5-7-14(19-3)8-6-13/h5-8H,9-12H2,1-4H3. The summed E-state index contributed by atoms with van der Waals surface area (Å²) in [5.41, 5.74) is 0.360. The van der Waals surface area contributed by atoms with Crippen molar-refractivity contribution in [3.8, 4) is 5.75 Å². The van der Waals surface area contributed by atoms with Gasteiger partial charge in [-0.05, 0) is 55.4 Å². The van der Waals surface area contributed by atoms with Crippen LogP contribution < -0.4 is 4.74 Å². The summed E-state index contributed by atoms with van der Waals surface area (Å²) in [5, 5.41) is 0. The van der Waals surface area contributed by atoms with Gasteiger partial charge in [-0.25, -0.2) is 0 Å². The highest BCUT2D eigenvalue weighted by Crippen LogP contribution is 2.43. The topological polar surface area (TPSA) is 35.5 Å². The Morgan fingerprint density at radius 1 is 1.00 bits per heavy atom. The number of ether oxygens (including phenoxy) is 2. The summed E-state index contributed by atoms with van der Waals surface area (Å²) in [7, 11) is 3.27. The van der Waals surface area contributed by atoms with Crippen LogP contribution in [0.4, 0.5) is 0 Å². The van der Waals surface area contributed by atoms with E-state index in [4.69, 9.17) is 9.47 Å². The van der Waals surface area contributed by atoms with Crippen LogP contribution in [0.25, 0.3) is 0 Å². The molecule has 0 N–H and O–H groups in total. The highest BCUT2D eigenvalue weighted by molar-refractivity contribution is 6.02. The monoisotopic (exact) mass is 276 g/mol. The Labute approximate surface area is 121 Å². The molecule has 3 heteroatoms. The highest BCUT2D eigenvalue weighted by atomic mass is 16.5. The fraction of sp³-hybridized carbons (Fsp3) is 0.588. The number of methoxy groups -OCH3 is 2. The van der Waals surface area contributed by atoms with Gasteiger partial charge in [-0.2, -0.15) is 0 Å². The molecule has 0 spiro atoms. The summed E-state index contributed by atoms with van der Waals surface area (Å²) < 4.78 is 10.8. The third-order valence-corrected chi connectivity index (χ3v) is 4.57. The maximum atomic E-state index is 12.8. The van der Waals surface area contributed by atoms with Crippen molar-refractivity contribution in [3.05, 3.63) is 29.8 Å². The average molecular weight is 276 g/mol. The molecule has 0 amide bonds. The van der Waals surface area contributed by atoms with Crippen molar-refractivity contribution in [1.29, 1.82) is 0 Å². The molecule has 1 fully saturated rings. The second kappa shape index (κ2) is 5.57. The maximum Gasteiger partial charge on any atom is 0.194 e. The lowest BCUT2D eigenvalue weighted by Crippen LogP contribution is -2.45. The molecule has 0 bridgehead atoms. The maximum absolute atomic E-state index is 12.8. The molecule has 3 nitrogen and oxygen atoms in total. The predicted octanol–water partition coefficient (Wildman–Crippen LogP) is 3.86. The summed E-state index contributed by atoms with van der Waals surface area (Å²) >= 11 is 0. The minimum Gasteiger partial charge on any atom is -0.497 e. The quantitative estimate of drug-likeness (QED) is 0.783. The molecule has 110 valence electrons. The molecule has 1 aromatic carbocycles. The van der Waals surface area contributed by atoms with E-state index in [1.807, 2.05) is 24.3 Å². The van der Waals surface area contributed by atoms with Crippen LogP contribution in [-0.4, -0.2) is 25.6 Å². The largest absolute Gasteiger partial charge is 0.497 e. The van der Waals surface area contributed by atoms with Crippen LogP contribution in [0.5, 0.6) is 5.75 Å². The van der Waals surface area contributed by atoms with E-state index in [1.165, 1.54) is 0 Å². The minimum atomic E-state index is -0.649. The van der Waals surface area contributed by atoms with Gasteiger partial charge >= 0.3 is 0 Å².